The first kappa shape index (κ1) is 17.0. The number of hydrogen-bond acceptors (Lipinski definition) is 5. The van der Waals surface area contributed by atoms with E-state index >= 15 is 0 Å². The van der Waals surface area contributed by atoms with Crippen molar-refractivity contribution in [1.82, 2.24) is 19.7 Å². The molecule has 0 spiro atoms. The summed E-state index contributed by atoms with van der Waals surface area (Å²) < 4.78 is 1.60. The molecule has 0 aliphatic heterocycles. The van der Waals surface area contributed by atoms with E-state index in [0.29, 0.717) is 16.8 Å². The normalized spacial score (nSPS) is 10.9. The van der Waals surface area contributed by atoms with Gasteiger partial charge >= 0.3 is 0 Å². The molecule has 7 nitrogen and oxygen atoms in total. The first-order chi connectivity index (χ1) is 13.1. The lowest BCUT2D eigenvalue weighted by Gasteiger charge is -2.06. The maximum absolute atomic E-state index is 11.1. The fourth-order valence-corrected chi connectivity index (χ4v) is 2.81. The number of carbonyl (C=O) groups is 1. The average Bonchev–Trinajstić information content (AvgIpc) is 3.07. The zero-order chi connectivity index (χ0) is 18.8. The first-order valence-corrected chi connectivity index (χ1v) is 8.57. The number of rotatable bonds is 5. The standard InChI is InChI=1S/C19H15ClN6O/c20-14-3-5-15(6-4-14)23-18-7-8-22-19(24-18)26-11-13-2-1-12(10-17(21)27)9-16(13)25-26/h1-9,11H,10H2,(H2,21,27)(H,22,23,24). The van der Waals surface area contributed by atoms with Crippen LogP contribution >= 0.6 is 11.6 Å². The molecule has 0 radical (unpaired) electrons. The molecule has 4 rings (SSSR count). The van der Waals surface area contributed by atoms with Gasteiger partial charge in [0.05, 0.1) is 11.9 Å². The molecule has 0 atom stereocenters. The Bertz CT molecular complexity index is 1120. The molecule has 1 amide bonds. The van der Waals surface area contributed by atoms with Crippen LogP contribution in [-0.2, 0) is 11.2 Å². The lowest BCUT2D eigenvalue weighted by Crippen LogP contribution is -2.13. The molecule has 2 aromatic carbocycles. The monoisotopic (exact) mass is 378 g/mol. The molecule has 0 saturated heterocycles. The number of halogens is 1. The number of nitrogens with one attached hydrogen (secondary N) is 1. The van der Waals surface area contributed by atoms with Crippen LogP contribution in [0.4, 0.5) is 11.5 Å². The summed E-state index contributed by atoms with van der Waals surface area (Å²) in [6, 6.07) is 14.7. The predicted molar refractivity (Wildman–Crippen MR) is 104 cm³/mol. The fraction of sp³-hybridized carbons (Fsp3) is 0.0526. The zero-order valence-electron chi connectivity index (χ0n) is 14.1. The summed E-state index contributed by atoms with van der Waals surface area (Å²) in [4.78, 5) is 19.9. The Morgan fingerprint density at radius 2 is 1.96 bits per heavy atom. The van der Waals surface area contributed by atoms with E-state index in [1.807, 2.05) is 36.5 Å². The van der Waals surface area contributed by atoms with Crippen molar-refractivity contribution in [2.24, 2.45) is 5.73 Å². The van der Waals surface area contributed by atoms with Crippen molar-refractivity contribution in [3.8, 4) is 5.95 Å². The summed E-state index contributed by atoms with van der Waals surface area (Å²) in [5, 5.41) is 9.30. The number of aromatic nitrogens is 4. The lowest BCUT2D eigenvalue weighted by atomic mass is 10.1. The minimum Gasteiger partial charge on any atom is -0.369 e. The lowest BCUT2D eigenvalue weighted by molar-refractivity contribution is -0.117. The van der Waals surface area contributed by atoms with Crippen LogP contribution in [0.3, 0.4) is 0 Å². The zero-order valence-corrected chi connectivity index (χ0v) is 14.9. The summed E-state index contributed by atoms with van der Waals surface area (Å²) in [5.41, 5.74) is 7.68. The van der Waals surface area contributed by atoms with Gasteiger partial charge in [0.2, 0.25) is 5.91 Å². The van der Waals surface area contributed by atoms with Gasteiger partial charge in [0.1, 0.15) is 5.82 Å². The van der Waals surface area contributed by atoms with Crippen LogP contribution in [0.1, 0.15) is 5.56 Å². The summed E-state index contributed by atoms with van der Waals surface area (Å²) in [7, 11) is 0. The van der Waals surface area contributed by atoms with E-state index in [1.54, 1.807) is 29.1 Å². The number of nitrogens with two attached hydrogens (primary N) is 1. The maximum Gasteiger partial charge on any atom is 0.252 e. The molecule has 0 unspecified atom stereocenters. The van der Waals surface area contributed by atoms with E-state index in [-0.39, 0.29) is 12.3 Å². The third-order valence-electron chi connectivity index (χ3n) is 3.91. The summed E-state index contributed by atoms with van der Waals surface area (Å²) in [6.45, 7) is 0. The predicted octanol–water partition coefficient (Wildman–Crippen LogP) is 3.24. The van der Waals surface area contributed by atoms with Gasteiger partial charge in [-0.25, -0.2) is 9.67 Å². The molecule has 0 fully saturated rings. The van der Waals surface area contributed by atoms with Crippen molar-refractivity contribution in [2.45, 2.75) is 6.42 Å². The number of hydrogen-bond donors (Lipinski definition) is 2. The van der Waals surface area contributed by atoms with Gasteiger partial charge < -0.3 is 11.1 Å². The van der Waals surface area contributed by atoms with Crippen LogP contribution < -0.4 is 11.1 Å². The van der Waals surface area contributed by atoms with Crippen LogP contribution in [0, 0.1) is 0 Å². The van der Waals surface area contributed by atoms with Crippen molar-refractivity contribution in [3.63, 3.8) is 0 Å². The number of benzene rings is 2. The summed E-state index contributed by atoms with van der Waals surface area (Å²) in [5.74, 6) is 0.691. The maximum atomic E-state index is 11.1. The van der Waals surface area contributed by atoms with Crippen molar-refractivity contribution in [3.05, 3.63) is 71.5 Å². The Hall–Kier alpha value is -3.45. The average molecular weight is 379 g/mol. The molecule has 0 saturated carbocycles. The van der Waals surface area contributed by atoms with Gasteiger partial charge in [0, 0.05) is 28.5 Å². The highest BCUT2D eigenvalue weighted by atomic mass is 35.5. The first-order valence-electron chi connectivity index (χ1n) is 8.19. The van der Waals surface area contributed by atoms with Gasteiger partial charge in [-0.05, 0) is 42.0 Å². The molecule has 0 bridgehead atoms. The molecule has 2 aromatic heterocycles. The second-order valence-corrected chi connectivity index (χ2v) is 6.42. The van der Waals surface area contributed by atoms with Crippen LogP contribution in [0.5, 0.6) is 0 Å². The molecule has 2 heterocycles. The Morgan fingerprint density at radius 1 is 1.15 bits per heavy atom. The quantitative estimate of drug-likeness (QED) is 0.555. The van der Waals surface area contributed by atoms with Crippen molar-refractivity contribution in [2.75, 3.05) is 5.32 Å². The van der Waals surface area contributed by atoms with Crippen LogP contribution in [0.2, 0.25) is 5.02 Å². The van der Waals surface area contributed by atoms with E-state index in [1.165, 1.54) is 0 Å². The van der Waals surface area contributed by atoms with Crippen molar-refractivity contribution < 1.29 is 4.79 Å². The molecule has 0 aliphatic rings. The number of nitrogens with zero attached hydrogens (tertiary/aromatic N) is 4. The van der Waals surface area contributed by atoms with Gasteiger partial charge in [-0.2, -0.15) is 10.1 Å². The van der Waals surface area contributed by atoms with Gasteiger partial charge in [0.25, 0.3) is 5.95 Å². The van der Waals surface area contributed by atoms with E-state index in [9.17, 15) is 4.79 Å². The highest BCUT2D eigenvalue weighted by molar-refractivity contribution is 6.30. The van der Waals surface area contributed by atoms with E-state index in [2.05, 4.69) is 20.4 Å². The number of anilines is 2. The smallest absolute Gasteiger partial charge is 0.252 e. The molecule has 8 heteroatoms. The Kier molecular flexibility index (Phi) is 4.43. The molecule has 3 N–H and O–H groups in total. The van der Waals surface area contributed by atoms with Gasteiger partial charge in [-0.3, -0.25) is 4.79 Å². The van der Waals surface area contributed by atoms with Crippen LogP contribution in [0.25, 0.3) is 16.9 Å². The van der Waals surface area contributed by atoms with Crippen molar-refractivity contribution in [1.29, 1.82) is 0 Å². The summed E-state index contributed by atoms with van der Waals surface area (Å²) >= 11 is 5.91. The second-order valence-electron chi connectivity index (χ2n) is 5.98. The molecule has 134 valence electrons. The third kappa shape index (κ3) is 3.88. The molecular formula is C19H15ClN6O. The highest BCUT2D eigenvalue weighted by Gasteiger charge is 2.08. The minimum absolute atomic E-state index is 0.180. The molecular weight excluding hydrogens is 364 g/mol. The minimum atomic E-state index is -0.377. The Morgan fingerprint density at radius 3 is 2.74 bits per heavy atom. The Balaban J connectivity index is 1.62. The highest BCUT2D eigenvalue weighted by Crippen LogP contribution is 2.19. The number of primary amides is 1. The van der Waals surface area contributed by atoms with Gasteiger partial charge in [0.15, 0.2) is 0 Å². The molecule has 27 heavy (non-hydrogen) atoms. The second kappa shape index (κ2) is 7.05. The fourth-order valence-electron chi connectivity index (χ4n) is 2.68. The SMILES string of the molecule is NC(=O)Cc1ccc2cn(-c3nccc(Nc4ccc(Cl)cc4)n3)nc2c1. The van der Waals surface area contributed by atoms with Crippen LogP contribution in [-0.4, -0.2) is 25.7 Å². The number of amides is 1. The Labute approximate surface area is 159 Å². The summed E-state index contributed by atoms with van der Waals surface area (Å²) in [6.07, 6.45) is 3.68. The van der Waals surface area contributed by atoms with E-state index in [4.69, 9.17) is 17.3 Å². The van der Waals surface area contributed by atoms with E-state index < -0.39 is 0 Å². The van der Waals surface area contributed by atoms with E-state index in [0.717, 1.165) is 22.2 Å². The number of carbonyl (C=O) groups excluding carboxylic acids is 1. The largest absolute Gasteiger partial charge is 0.369 e. The van der Waals surface area contributed by atoms with Gasteiger partial charge in [-0.1, -0.05) is 23.7 Å². The number of fused-ring (bicyclic) bond motifs is 1. The van der Waals surface area contributed by atoms with Crippen molar-refractivity contribution >= 4 is 39.9 Å². The topological polar surface area (TPSA) is 98.7 Å². The third-order valence-corrected chi connectivity index (χ3v) is 4.17. The van der Waals surface area contributed by atoms with Crippen LogP contribution in [0.15, 0.2) is 60.9 Å². The molecule has 0 aliphatic carbocycles. The molecule has 4 aromatic rings. The van der Waals surface area contributed by atoms with Gasteiger partial charge in [-0.15, -0.1) is 0 Å².